The molecule has 2 aromatic carbocycles. The molecule has 2 rings (SSSR count). The molecule has 0 aliphatic carbocycles. The number of primary amides is 1. The van der Waals surface area contributed by atoms with Gasteiger partial charge >= 0.3 is 0 Å². The first kappa shape index (κ1) is 15.7. The van der Waals surface area contributed by atoms with E-state index in [0.29, 0.717) is 11.3 Å². The van der Waals surface area contributed by atoms with Crippen molar-refractivity contribution in [1.29, 1.82) is 0 Å². The van der Waals surface area contributed by atoms with Gasteiger partial charge in [0.25, 0.3) is 10.0 Å². The zero-order chi connectivity index (χ0) is 16.3. The number of anilines is 1. The molecule has 0 saturated carbocycles. The van der Waals surface area contributed by atoms with Crippen LogP contribution >= 0.6 is 0 Å². The van der Waals surface area contributed by atoms with Crippen molar-refractivity contribution in [2.75, 3.05) is 4.72 Å². The molecule has 0 aliphatic rings. The van der Waals surface area contributed by atoms with Crippen LogP contribution in [0.3, 0.4) is 0 Å². The monoisotopic (exact) mass is 318 g/mol. The van der Waals surface area contributed by atoms with Crippen LogP contribution < -0.4 is 10.5 Å². The molecule has 0 bridgehead atoms. The second kappa shape index (κ2) is 5.98. The highest BCUT2D eigenvalue weighted by Gasteiger charge is 2.14. The van der Waals surface area contributed by atoms with Crippen molar-refractivity contribution in [3.63, 3.8) is 0 Å². The Morgan fingerprint density at radius 2 is 1.41 bits per heavy atom. The summed E-state index contributed by atoms with van der Waals surface area (Å²) in [7, 11) is -3.78. The Morgan fingerprint density at radius 1 is 0.909 bits per heavy atom. The van der Waals surface area contributed by atoms with Crippen molar-refractivity contribution >= 4 is 27.4 Å². The fourth-order valence-electron chi connectivity index (χ4n) is 1.79. The number of sulfonamides is 1. The van der Waals surface area contributed by atoms with Crippen LogP contribution in [0.1, 0.15) is 27.6 Å². The summed E-state index contributed by atoms with van der Waals surface area (Å²) < 4.78 is 26.8. The van der Waals surface area contributed by atoms with Crippen molar-refractivity contribution in [3.05, 3.63) is 59.7 Å². The molecule has 114 valence electrons. The minimum Gasteiger partial charge on any atom is -0.366 e. The van der Waals surface area contributed by atoms with Crippen LogP contribution in [-0.4, -0.2) is 20.1 Å². The number of nitrogens with one attached hydrogen (secondary N) is 1. The molecule has 0 atom stereocenters. The van der Waals surface area contributed by atoms with Gasteiger partial charge in [-0.05, 0) is 55.5 Å². The summed E-state index contributed by atoms with van der Waals surface area (Å²) in [5.74, 6) is -0.729. The van der Waals surface area contributed by atoms with Gasteiger partial charge in [-0.3, -0.25) is 14.3 Å². The van der Waals surface area contributed by atoms with Gasteiger partial charge in [-0.2, -0.15) is 0 Å². The lowest BCUT2D eigenvalue weighted by Crippen LogP contribution is -2.14. The Bertz CT molecular complexity index is 810. The summed E-state index contributed by atoms with van der Waals surface area (Å²) in [5.41, 5.74) is 6.16. The van der Waals surface area contributed by atoms with E-state index in [1.165, 1.54) is 55.5 Å². The third kappa shape index (κ3) is 3.50. The van der Waals surface area contributed by atoms with Gasteiger partial charge in [0.05, 0.1) is 4.90 Å². The molecular formula is C15H14N2O4S. The van der Waals surface area contributed by atoms with Crippen LogP contribution in [-0.2, 0) is 10.0 Å². The Morgan fingerprint density at radius 3 is 1.86 bits per heavy atom. The van der Waals surface area contributed by atoms with E-state index >= 15 is 0 Å². The normalized spacial score (nSPS) is 11.0. The molecule has 0 aliphatic heterocycles. The van der Waals surface area contributed by atoms with E-state index < -0.39 is 15.9 Å². The number of rotatable bonds is 5. The molecule has 0 spiro atoms. The molecule has 0 aromatic heterocycles. The maximum Gasteiger partial charge on any atom is 0.261 e. The van der Waals surface area contributed by atoms with E-state index in [0.717, 1.165) is 0 Å². The minimum absolute atomic E-state index is 0.00754. The Hall–Kier alpha value is -2.67. The van der Waals surface area contributed by atoms with Gasteiger partial charge in [0.2, 0.25) is 5.91 Å². The Balaban J connectivity index is 2.23. The molecule has 0 fully saturated rings. The Kier molecular flexibility index (Phi) is 4.27. The van der Waals surface area contributed by atoms with Gasteiger partial charge in [0, 0.05) is 16.8 Å². The summed E-state index contributed by atoms with van der Waals surface area (Å²) >= 11 is 0. The SMILES string of the molecule is CC(=O)c1ccc(NS(=O)(=O)c2ccc(C(N)=O)cc2)cc1. The molecule has 0 heterocycles. The van der Waals surface area contributed by atoms with E-state index in [-0.39, 0.29) is 16.2 Å². The quantitative estimate of drug-likeness (QED) is 0.820. The number of nitrogens with two attached hydrogens (primary N) is 1. The average molecular weight is 318 g/mol. The first-order chi connectivity index (χ1) is 10.3. The molecular weight excluding hydrogens is 304 g/mol. The van der Waals surface area contributed by atoms with E-state index in [9.17, 15) is 18.0 Å². The van der Waals surface area contributed by atoms with E-state index in [1.54, 1.807) is 0 Å². The van der Waals surface area contributed by atoms with E-state index in [1.807, 2.05) is 0 Å². The number of carbonyl (C=O) groups is 2. The van der Waals surface area contributed by atoms with Crippen molar-refractivity contribution in [1.82, 2.24) is 0 Å². The predicted octanol–water partition coefficient (Wildman–Crippen LogP) is 1.79. The van der Waals surface area contributed by atoms with Crippen LogP contribution in [0.15, 0.2) is 53.4 Å². The molecule has 22 heavy (non-hydrogen) atoms. The molecule has 3 N–H and O–H groups in total. The number of hydrogen-bond acceptors (Lipinski definition) is 4. The van der Waals surface area contributed by atoms with Crippen LogP contribution in [0, 0.1) is 0 Å². The highest BCUT2D eigenvalue weighted by Crippen LogP contribution is 2.17. The molecule has 2 aromatic rings. The van der Waals surface area contributed by atoms with Crippen molar-refractivity contribution in [2.45, 2.75) is 11.8 Å². The molecule has 0 saturated heterocycles. The van der Waals surface area contributed by atoms with E-state index in [4.69, 9.17) is 5.73 Å². The third-order valence-electron chi connectivity index (χ3n) is 2.99. The lowest BCUT2D eigenvalue weighted by molar-refractivity contribution is 0.0996. The van der Waals surface area contributed by atoms with Gasteiger partial charge < -0.3 is 5.73 Å². The van der Waals surface area contributed by atoms with Gasteiger partial charge in [-0.1, -0.05) is 0 Å². The smallest absolute Gasteiger partial charge is 0.261 e. The first-order valence-electron chi connectivity index (χ1n) is 6.33. The van der Waals surface area contributed by atoms with Crippen molar-refractivity contribution in [2.24, 2.45) is 5.73 Å². The topological polar surface area (TPSA) is 106 Å². The fraction of sp³-hybridized carbons (Fsp3) is 0.0667. The number of amides is 1. The molecule has 7 heteroatoms. The standard InChI is InChI=1S/C15H14N2O4S/c1-10(18)11-2-6-13(7-3-11)17-22(20,21)14-8-4-12(5-9-14)15(16)19/h2-9,17H,1H3,(H2,16,19). The number of hydrogen-bond donors (Lipinski definition) is 2. The summed E-state index contributed by atoms with van der Waals surface area (Å²) in [4.78, 5) is 22.2. The fourth-order valence-corrected chi connectivity index (χ4v) is 2.84. The lowest BCUT2D eigenvalue weighted by atomic mass is 10.1. The second-order valence-corrected chi connectivity index (χ2v) is 6.31. The maximum atomic E-state index is 12.2. The zero-order valence-electron chi connectivity index (χ0n) is 11.7. The van der Waals surface area contributed by atoms with E-state index in [2.05, 4.69) is 4.72 Å². The first-order valence-corrected chi connectivity index (χ1v) is 7.81. The van der Waals surface area contributed by atoms with Crippen LogP contribution in [0.25, 0.3) is 0 Å². The number of ketones is 1. The summed E-state index contributed by atoms with van der Waals surface area (Å²) in [6.07, 6.45) is 0. The highest BCUT2D eigenvalue weighted by atomic mass is 32.2. The third-order valence-corrected chi connectivity index (χ3v) is 4.39. The molecule has 0 unspecified atom stereocenters. The van der Waals surface area contributed by atoms with Gasteiger partial charge in [-0.25, -0.2) is 8.42 Å². The second-order valence-electron chi connectivity index (χ2n) is 4.63. The highest BCUT2D eigenvalue weighted by molar-refractivity contribution is 7.92. The summed E-state index contributed by atoms with van der Waals surface area (Å²) in [6.45, 7) is 1.43. The van der Waals surface area contributed by atoms with Crippen LogP contribution in [0.5, 0.6) is 0 Å². The lowest BCUT2D eigenvalue weighted by Gasteiger charge is -2.08. The largest absolute Gasteiger partial charge is 0.366 e. The minimum atomic E-state index is -3.78. The molecule has 0 radical (unpaired) electrons. The summed E-state index contributed by atoms with van der Waals surface area (Å²) in [5, 5.41) is 0. The number of carbonyl (C=O) groups excluding carboxylic acids is 2. The predicted molar refractivity (Wildman–Crippen MR) is 82.2 cm³/mol. The molecule has 6 nitrogen and oxygen atoms in total. The van der Waals surface area contributed by atoms with Crippen molar-refractivity contribution < 1.29 is 18.0 Å². The van der Waals surface area contributed by atoms with Crippen LogP contribution in [0.2, 0.25) is 0 Å². The Labute approximate surface area is 128 Å². The van der Waals surface area contributed by atoms with Crippen LogP contribution in [0.4, 0.5) is 5.69 Å². The zero-order valence-corrected chi connectivity index (χ0v) is 12.6. The number of Topliss-reactive ketones (excluding diaryl/α,β-unsaturated/α-hetero) is 1. The average Bonchev–Trinajstić information content (AvgIpc) is 2.47. The maximum absolute atomic E-state index is 12.2. The van der Waals surface area contributed by atoms with Crippen molar-refractivity contribution in [3.8, 4) is 0 Å². The number of benzene rings is 2. The van der Waals surface area contributed by atoms with Gasteiger partial charge in [0.1, 0.15) is 0 Å². The van der Waals surface area contributed by atoms with Gasteiger partial charge in [0.15, 0.2) is 5.78 Å². The molecule has 1 amide bonds. The summed E-state index contributed by atoms with van der Waals surface area (Å²) in [6, 6.07) is 11.4. The van der Waals surface area contributed by atoms with Gasteiger partial charge in [-0.15, -0.1) is 0 Å².